The quantitative estimate of drug-likeness (QED) is 0.727. The van der Waals surface area contributed by atoms with Crippen LogP contribution < -0.4 is 0 Å². The summed E-state index contributed by atoms with van der Waals surface area (Å²) in [7, 11) is 0. The van der Waals surface area contributed by atoms with Crippen molar-refractivity contribution in [1.82, 2.24) is 4.98 Å². The summed E-state index contributed by atoms with van der Waals surface area (Å²) < 4.78 is 0. The van der Waals surface area contributed by atoms with E-state index in [0.717, 1.165) is 30.0 Å². The van der Waals surface area contributed by atoms with Gasteiger partial charge in [0.15, 0.2) is 0 Å². The summed E-state index contributed by atoms with van der Waals surface area (Å²) in [5, 5.41) is 12.4. The van der Waals surface area contributed by atoms with Crippen LogP contribution in [0.25, 0.3) is 0 Å². The summed E-state index contributed by atoms with van der Waals surface area (Å²) in [6.45, 7) is 6.49. The number of nitrogens with zero attached hydrogens (tertiary/aromatic N) is 2. The SMILES string of the molecule is CC(C)(C)c1nc(C2(C#N)CCC2)cs1. The van der Waals surface area contributed by atoms with Gasteiger partial charge in [0.1, 0.15) is 5.41 Å². The van der Waals surface area contributed by atoms with E-state index in [1.54, 1.807) is 11.3 Å². The molecule has 0 aliphatic heterocycles. The van der Waals surface area contributed by atoms with Gasteiger partial charge in [-0.05, 0) is 19.3 Å². The molecule has 0 atom stereocenters. The zero-order chi connectivity index (χ0) is 11.1. The van der Waals surface area contributed by atoms with E-state index in [1.807, 2.05) is 0 Å². The van der Waals surface area contributed by atoms with Crippen LogP contribution in [-0.2, 0) is 10.8 Å². The van der Waals surface area contributed by atoms with E-state index in [1.165, 1.54) is 0 Å². The highest BCUT2D eigenvalue weighted by Gasteiger charge is 2.41. The van der Waals surface area contributed by atoms with Crippen molar-refractivity contribution in [2.75, 3.05) is 0 Å². The summed E-state index contributed by atoms with van der Waals surface area (Å²) in [5.41, 5.74) is 0.856. The van der Waals surface area contributed by atoms with Crippen molar-refractivity contribution >= 4 is 11.3 Å². The Morgan fingerprint density at radius 2 is 2.13 bits per heavy atom. The number of hydrogen-bond donors (Lipinski definition) is 0. The maximum absolute atomic E-state index is 9.22. The Bertz CT molecular complexity index is 402. The number of hydrogen-bond acceptors (Lipinski definition) is 3. The highest BCUT2D eigenvalue weighted by Crippen LogP contribution is 2.44. The van der Waals surface area contributed by atoms with E-state index in [4.69, 9.17) is 0 Å². The van der Waals surface area contributed by atoms with Gasteiger partial charge in [0.25, 0.3) is 0 Å². The van der Waals surface area contributed by atoms with E-state index < -0.39 is 0 Å². The molecule has 1 aromatic heterocycles. The van der Waals surface area contributed by atoms with E-state index in [9.17, 15) is 5.26 Å². The molecule has 2 rings (SSSR count). The third-order valence-electron chi connectivity index (χ3n) is 3.06. The number of nitriles is 1. The molecule has 0 radical (unpaired) electrons. The molecule has 0 unspecified atom stereocenters. The molecule has 0 N–H and O–H groups in total. The molecule has 80 valence electrons. The highest BCUT2D eigenvalue weighted by atomic mass is 32.1. The molecule has 0 amide bonds. The van der Waals surface area contributed by atoms with Gasteiger partial charge in [0.05, 0.1) is 16.8 Å². The second kappa shape index (κ2) is 3.31. The van der Waals surface area contributed by atoms with Gasteiger partial charge in [-0.3, -0.25) is 0 Å². The summed E-state index contributed by atoms with van der Waals surface area (Å²) in [5.74, 6) is 0. The first-order valence-electron chi connectivity index (χ1n) is 5.36. The molecule has 1 aliphatic carbocycles. The normalized spacial score (nSPS) is 19.3. The molecule has 1 heterocycles. The molecular weight excluding hydrogens is 204 g/mol. The largest absolute Gasteiger partial charge is 0.244 e. The first-order chi connectivity index (χ1) is 6.98. The fourth-order valence-corrected chi connectivity index (χ4v) is 2.80. The summed E-state index contributed by atoms with van der Waals surface area (Å²) in [4.78, 5) is 4.64. The van der Waals surface area contributed by atoms with Crippen molar-refractivity contribution in [3.8, 4) is 6.07 Å². The molecule has 1 aromatic rings. The van der Waals surface area contributed by atoms with Gasteiger partial charge in [-0.1, -0.05) is 20.8 Å². The summed E-state index contributed by atoms with van der Waals surface area (Å²) in [6, 6.07) is 2.44. The van der Waals surface area contributed by atoms with Crippen LogP contribution in [-0.4, -0.2) is 4.98 Å². The van der Waals surface area contributed by atoms with Crippen molar-refractivity contribution in [1.29, 1.82) is 5.26 Å². The van der Waals surface area contributed by atoms with Crippen LogP contribution in [0.2, 0.25) is 0 Å². The van der Waals surface area contributed by atoms with Crippen LogP contribution in [0.4, 0.5) is 0 Å². The van der Waals surface area contributed by atoms with Gasteiger partial charge < -0.3 is 0 Å². The minimum atomic E-state index is -0.250. The fourth-order valence-electron chi connectivity index (χ4n) is 1.79. The van der Waals surface area contributed by atoms with Gasteiger partial charge in [-0.2, -0.15) is 5.26 Å². The van der Waals surface area contributed by atoms with E-state index in [0.29, 0.717) is 0 Å². The van der Waals surface area contributed by atoms with Gasteiger partial charge in [0, 0.05) is 10.8 Å². The summed E-state index contributed by atoms with van der Waals surface area (Å²) >= 11 is 1.69. The van der Waals surface area contributed by atoms with Crippen LogP contribution in [0, 0.1) is 11.3 Å². The molecule has 0 spiro atoms. The predicted molar refractivity (Wildman–Crippen MR) is 62.0 cm³/mol. The van der Waals surface area contributed by atoms with E-state index in [2.05, 4.69) is 37.2 Å². The Hall–Kier alpha value is -0.880. The van der Waals surface area contributed by atoms with Gasteiger partial charge in [-0.25, -0.2) is 4.98 Å². The smallest absolute Gasteiger partial charge is 0.100 e. The second-order valence-corrected chi connectivity index (χ2v) is 6.19. The molecular formula is C12H16N2S. The third kappa shape index (κ3) is 1.68. The number of rotatable bonds is 1. The zero-order valence-corrected chi connectivity index (χ0v) is 10.3. The molecule has 0 bridgehead atoms. The Kier molecular flexibility index (Phi) is 2.35. The Balaban J connectivity index is 2.32. The van der Waals surface area contributed by atoms with Crippen molar-refractivity contribution in [3.63, 3.8) is 0 Å². The third-order valence-corrected chi connectivity index (χ3v) is 4.33. The Morgan fingerprint density at radius 3 is 2.47 bits per heavy atom. The first kappa shape index (κ1) is 10.6. The average Bonchev–Trinajstić information content (AvgIpc) is 2.51. The standard InChI is InChI=1S/C12H16N2S/c1-11(2,3)10-14-9(7-15-10)12(8-13)5-4-6-12/h7H,4-6H2,1-3H3. The van der Waals surface area contributed by atoms with Crippen LogP contribution in [0.5, 0.6) is 0 Å². The monoisotopic (exact) mass is 220 g/mol. The van der Waals surface area contributed by atoms with Crippen molar-refractivity contribution < 1.29 is 0 Å². The second-order valence-electron chi connectivity index (χ2n) is 5.34. The first-order valence-corrected chi connectivity index (χ1v) is 6.24. The lowest BCUT2D eigenvalue weighted by Crippen LogP contribution is -2.32. The molecule has 0 aromatic carbocycles. The van der Waals surface area contributed by atoms with E-state index >= 15 is 0 Å². The zero-order valence-electron chi connectivity index (χ0n) is 9.50. The van der Waals surface area contributed by atoms with Crippen molar-refractivity contribution in [2.24, 2.45) is 0 Å². The van der Waals surface area contributed by atoms with Gasteiger partial charge in [0.2, 0.25) is 0 Å². The molecule has 1 fully saturated rings. The van der Waals surface area contributed by atoms with E-state index in [-0.39, 0.29) is 10.8 Å². The van der Waals surface area contributed by atoms with Crippen LogP contribution >= 0.6 is 11.3 Å². The number of aromatic nitrogens is 1. The lowest BCUT2D eigenvalue weighted by Gasteiger charge is -2.33. The molecule has 1 saturated carbocycles. The maximum atomic E-state index is 9.22. The lowest BCUT2D eigenvalue weighted by molar-refractivity contribution is 0.316. The predicted octanol–water partition coefficient (Wildman–Crippen LogP) is 3.39. The minimum absolute atomic E-state index is 0.101. The van der Waals surface area contributed by atoms with Crippen LogP contribution in [0.15, 0.2) is 5.38 Å². The minimum Gasteiger partial charge on any atom is -0.244 e. The fraction of sp³-hybridized carbons (Fsp3) is 0.667. The number of thiazole rings is 1. The highest BCUT2D eigenvalue weighted by molar-refractivity contribution is 7.09. The Labute approximate surface area is 95.0 Å². The molecule has 2 nitrogen and oxygen atoms in total. The summed E-state index contributed by atoms with van der Waals surface area (Å²) in [6.07, 6.45) is 3.13. The van der Waals surface area contributed by atoms with Crippen LogP contribution in [0.3, 0.4) is 0 Å². The average molecular weight is 220 g/mol. The van der Waals surface area contributed by atoms with Crippen molar-refractivity contribution in [3.05, 3.63) is 16.1 Å². The maximum Gasteiger partial charge on any atom is 0.100 e. The van der Waals surface area contributed by atoms with Crippen LogP contribution in [0.1, 0.15) is 50.7 Å². The molecule has 15 heavy (non-hydrogen) atoms. The topological polar surface area (TPSA) is 36.7 Å². The Morgan fingerprint density at radius 1 is 1.47 bits per heavy atom. The molecule has 3 heteroatoms. The van der Waals surface area contributed by atoms with Crippen molar-refractivity contribution in [2.45, 2.75) is 50.9 Å². The molecule has 1 aliphatic rings. The lowest BCUT2D eigenvalue weighted by atomic mass is 9.68. The van der Waals surface area contributed by atoms with Gasteiger partial charge in [-0.15, -0.1) is 11.3 Å². The molecule has 0 saturated heterocycles. The van der Waals surface area contributed by atoms with Gasteiger partial charge >= 0.3 is 0 Å².